The lowest BCUT2D eigenvalue weighted by atomic mass is 9.51. The molecule has 2 spiro atoms. The van der Waals surface area contributed by atoms with Crippen molar-refractivity contribution in [2.45, 2.75) is 112 Å². The molecule has 10 atom stereocenters. The van der Waals surface area contributed by atoms with E-state index >= 15 is 0 Å². The molecule has 9 fully saturated rings. The Morgan fingerprint density at radius 1 is 0.974 bits per heavy atom. The van der Waals surface area contributed by atoms with Crippen molar-refractivity contribution in [3.05, 3.63) is 12.2 Å². The Bertz CT molecular complexity index is 1040. The van der Waals surface area contributed by atoms with E-state index in [0.29, 0.717) is 36.9 Å². The number of hydrogen-bond donors (Lipinski definition) is 2. The molecule has 3 saturated heterocycles. The lowest BCUT2D eigenvalue weighted by Crippen LogP contribution is -2.66. The topological polar surface area (TPSA) is 113 Å². The van der Waals surface area contributed by atoms with E-state index in [-0.39, 0.29) is 36.9 Å². The molecule has 9 aliphatic rings. The molecule has 6 saturated carbocycles. The molecule has 3 heterocycles. The van der Waals surface area contributed by atoms with Crippen molar-refractivity contribution in [2.75, 3.05) is 19.8 Å². The van der Waals surface area contributed by atoms with Gasteiger partial charge in [0.25, 0.3) is 0 Å². The van der Waals surface area contributed by atoms with E-state index in [1.807, 2.05) is 0 Å². The van der Waals surface area contributed by atoms with Crippen molar-refractivity contribution in [1.82, 2.24) is 0 Å². The lowest BCUT2D eigenvalue weighted by Gasteiger charge is -2.61. The Kier molecular flexibility index (Phi) is 5.58. The van der Waals surface area contributed by atoms with Crippen LogP contribution in [0.1, 0.15) is 71.1 Å². The van der Waals surface area contributed by atoms with E-state index < -0.39 is 47.2 Å². The second-order valence-electron chi connectivity index (χ2n) is 14.2. The van der Waals surface area contributed by atoms with Crippen molar-refractivity contribution in [3.63, 3.8) is 0 Å². The molecule has 0 aromatic carbocycles. The van der Waals surface area contributed by atoms with Crippen LogP contribution in [0.5, 0.6) is 0 Å². The quantitative estimate of drug-likeness (QED) is 0.406. The third kappa shape index (κ3) is 3.53. The number of aliphatic hydroxyl groups is 2. The lowest BCUT2D eigenvalue weighted by molar-refractivity contribution is -0.403. The van der Waals surface area contributed by atoms with Crippen LogP contribution in [0.2, 0.25) is 0 Å². The highest BCUT2D eigenvalue weighted by Gasteiger charge is 2.77. The second-order valence-corrected chi connectivity index (χ2v) is 14.2. The summed E-state index contributed by atoms with van der Waals surface area (Å²) in [5, 5.41) is 21.7. The van der Waals surface area contributed by atoms with Crippen molar-refractivity contribution in [3.8, 4) is 0 Å². The zero-order valence-corrected chi connectivity index (χ0v) is 22.8. The van der Waals surface area contributed by atoms with Crippen LogP contribution in [0.3, 0.4) is 0 Å². The van der Waals surface area contributed by atoms with E-state index in [1.165, 1.54) is 6.42 Å². The monoisotopic (exact) mass is 546 g/mol. The molecule has 39 heavy (non-hydrogen) atoms. The summed E-state index contributed by atoms with van der Waals surface area (Å²) in [6.07, 6.45) is 7.82. The van der Waals surface area contributed by atoms with Gasteiger partial charge in [-0.05, 0) is 70.1 Å². The highest BCUT2D eigenvalue weighted by atomic mass is 16.9. The zero-order valence-electron chi connectivity index (χ0n) is 22.8. The fraction of sp³-hybridized carbons (Fsp3) is 0.900. The van der Waals surface area contributed by atoms with E-state index in [4.69, 9.17) is 28.4 Å². The van der Waals surface area contributed by atoms with Crippen molar-refractivity contribution < 1.29 is 43.4 Å². The smallest absolute Gasteiger partial charge is 0.333 e. The highest BCUT2D eigenvalue weighted by Crippen LogP contribution is 2.67. The van der Waals surface area contributed by atoms with E-state index in [1.54, 1.807) is 6.92 Å². The second kappa shape index (κ2) is 8.49. The number of hydrogen-bond acceptors (Lipinski definition) is 9. The van der Waals surface area contributed by atoms with Gasteiger partial charge >= 0.3 is 5.97 Å². The first-order valence-electron chi connectivity index (χ1n) is 15.2. The third-order valence-electron chi connectivity index (χ3n) is 11.7. The number of aliphatic hydroxyl groups excluding tert-OH is 1. The maximum atomic E-state index is 12.5. The van der Waals surface area contributed by atoms with Gasteiger partial charge in [-0.15, -0.1) is 0 Å². The van der Waals surface area contributed by atoms with Gasteiger partial charge in [-0.2, -0.15) is 0 Å². The highest BCUT2D eigenvalue weighted by molar-refractivity contribution is 5.86. The zero-order chi connectivity index (χ0) is 26.8. The molecule has 0 amide bonds. The predicted octanol–water partition coefficient (Wildman–Crippen LogP) is 2.81. The summed E-state index contributed by atoms with van der Waals surface area (Å²) < 4.78 is 39.9. The molecule has 6 unspecified atom stereocenters. The minimum Gasteiger partial charge on any atom is -0.456 e. The number of carbonyl (C=O) groups excluding carboxylic acids is 1. The Morgan fingerprint density at radius 3 is 2.46 bits per heavy atom. The molecule has 3 aliphatic heterocycles. The van der Waals surface area contributed by atoms with Crippen LogP contribution in [0.15, 0.2) is 12.2 Å². The molecular formula is C30H42O9. The third-order valence-corrected chi connectivity index (χ3v) is 11.7. The van der Waals surface area contributed by atoms with Gasteiger partial charge in [0.15, 0.2) is 11.6 Å². The summed E-state index contributed by atoms with van der Waals surface area (Å²) in [6, 6.07) is 0. The van der Waals surface area contributed by atoms with Crippen molar-refractivity contribution in [1.29, 1.82) is 0 Å². The van der Waals surface area contributed by atoms with Crippen LogP contribution >= 0.6 is 0 Å². The van der Waals surface area contributed by atoms with Crippen LogP contribution in [0.4, 0.5) is 0 Å². The normalized spacial score (nSPS) is 56.5. The van der Waals surface area contributed by atoms with Crippen LogP contribution in [0, 0.1) is 35.5 Å². The molecule has 0 aromatic heterocycles. The van der Waals surface area contributed by atoms with E-state index in [0.717, 1.165) is 44.9 Å². The molecular weight excluding hydrogens is 504 g/mol. The largest absolute Gasteiger partial charge is 0.456 e. The van der Waals surface area contributed by atoms with E-state index in [9.17, 15) is 15.0 Å². The summed E-state index contributed by atoms with van der Waals surface area (Å²) in [4.78, 5) is 12.5. The fourth-order valence-electron chi connectivity index (χ4n) is 10.4. The minimum atomic E-state index is -1.33. The van der Waals surface area contributed by atoms with Crippen molar-refractivity contribution in [2.24, 2.45) is 35.5 Å². The van der Waals surface area contributed by atoms with Crippen LogP contribution in [0.25, 0.3) is 0 Å². The standard InChI is InChI=1S/C30H42O9/c1-16(2)26(32)34-15-28-25(38-30(39-28)20-8-18-9-21(30)12-27(33,10-18)11-20)24-23(36-28)14-35-29(37-24)19-5-3-4-17(6-19)7-22(29)13-31/h17-25,31,33H,1,3-15H2,2H3/t17?,18?,19?,20?,21?,22?,23-,24-,25+,27?,28-,29?,30?/m1/s1. The Hall–Kier alpha value is -1.07. The number of esters is 1. The maximum Gasteiger partial charge on any atom is 0.333 e. The minimum absolute atomic E-state index is 0.0166. The van der Waals surface area contributed by atoms with E-state index in [2.05, 4.69) is 6.58 Å². The Morgan fingerprint density at radius 2 is 1.74 bits per heavy atom. The van der Waals surface area contributed by atoms with Gasteiger partial charge in [-0.3, -0.25) is 0 Å². The average molecular weight is 547 g/mol. The summed E-state index contributed by atoms with van der Waals surface area (Å²) in [6.45, 7) is 5.54. The molecule has 6 aliphatic carbocycles. The molecule has 9 heteroatoms. The first-order chi connectivity index (χ1) is 18.7. The molecule has 0 aromatic rings. The molecule has 216 valence electrons. The number of carbonyl (C=O) groups is 1. The molecule has 9 rings (SSSR count). The van der Waals surface area contributed by atoms with Gasteiger partial charge in [0.05, 0.1) is 18.8 Å². The molecule has 9 nitrogen and oxygen atoms in total. The average Bonchev–Trinajstić information content (AvgIpc) is 3.38. The van der Waals surface area contributed by atoms with Gasteiger partial charge in [0, 0.05) is 29.2 Å². The van der Waals surface area contributed by atoms with Gasteiger partial charge in [0.1, 0.15) is 24.9 Å². The molecule has 6 bridgehead atoms. The fourth-order valence-corrected chi connectivity index (χ4v) is 10.4. The number of rotatable bonds is 4. The van der Waals surface area contributed by atoms with Gasteiger partial charge in [-0.1, -0.05) is 19.4 Å². The van der Waals surface area contributed by atoms with Gasteiger partial charge in [0.2, 0.25) is 5.79 Å². The van der Waals surface area contributed by atoms with Gasteiger partial charge < -0.3 is 38.6 Å². The summed E-state index contributed by atoms with van der Waals surface area (Å²) in [5.74, 6) is -2.33. The van der Waals surface area contributed by atoms with Gasteiger partial charge in [-0.25, -0.2) is 4.79 Å². The number of ether oxygens (including phenoxy) is 6. The maximum absolute atomic E-state index is 12.5. The first kappa shape index (κ1) is 25.6. The predicted molar refractivity (Wildman–Crippen MR) is 135 cm³/mol. The van der Waals surface area contributed by atoms with Crippen LogP contribution in [-0.2, 0) is 33.2 Å². The molecule has 2 N–H and O–H groups in total. The summed E-state index contributed by atoms with van der Waals surface area (Å²) in [7, 11) is 0. The Balaban J connectivity index is 1.14. The summed E-state index contributed by atoms with van der Waals surface area (Å²) >= 11 is 0. The Labute approximate surface area is 229 Å². The first-order valence-corrected chi connectivity index (χ1v) is 15.2. The SMILES string of the molecule is C=C(C)C(=O)OC[C@]12O[C@@H]3COC4(O[C@H]3[C@@H]1OC1(O2)C2CC3CC1CC(O)(C3)C2)C(CO)CC1CCCC4C1. The van der Waals surface area contributed by atoms with Crippen LogP contribution < -0.4 is 0 Å². The van der Waals surface area contributed by atoms with Crippen LogP contribution in [-0.4, -0.2) is 77.3 Å². The summed E-state index contributed by atoms with van der Waals surface area (Å²) in [5.41, 5.74) is -0.343. The van der Waals surface area contributed by atoms with Crippen molar-refractivity contribution >= 4 is 5.97 Å². The number of fused-ring (bicyclic) bond motifs is 6. The molecule has 0 radical (unpaired) electrons.